The number of hydrogen-bond acceptors (Lipinski definition) is 2. The van der Waals surface area contributed by atoms with Crippen LogP contribution in [0.25, 0.3) is 0 Å². The summed E-state index contributed by atoms with van der Waals surface area (Å²) in [5.74, 6) is 1.61. The summed E-state index contributed by atoms with van der Waals surface area (Å²) in [4.78, 5) is 13.8. The van der Waals surface area contributed by atoms with Crippen molar-refractivity contribution in [1.29, 1.82) is 0 Å². The molecule has 2 rings (SSSR count). The van der Waals surface area contributed by atoms with E-state index in [0.717, 1.165) is 12.5 Å². The van der Waals surface area contributed by atoms with Gasteiger partial charge in [-0.05, 0) is 37.5 Å². The SMILES string of the molecule is CN(CC1CCCC1)C(=O)CC(N)C1CC1. The van der Waals surface area contributed by atoms with E-state index in [1.807, 2.05) is 11.9 Å². The van der Waals surface area contributed by atoms with E-state index in [1.54, 1.807) is 0 Å². The zero-order chi connectivity index (χ0) is 11.5. The van der Waals surface area contributed by atoms with Crippen molar-refractivity contribution in [2.45, 2.75) is 51.0 Å². The molecule has 2 aliphatic carbocycles. The van der Waals surface area contributed by atoms with Gasteiger partial charge in [-0.3, -0.25) is 4.79 Å². The Balaban J connectivity index is 1.70. The largest absolute Gasteiger partial charge is 0.345 e. The lowest BCUT2D eigenvalue weighted by molar-refractivity contribution is -0.130. The summed E-state index contributed by atoms with van der Waals surface area (Å²) in [6.07, 6.45) is 8.27. The van der Waals surface area contributed by atoms with Crippen molar-refractivity contribution in [3.63, 3.8) is 0 Å². The van der Waals surface area contributed by atoms with Crippen molar-refractivity contribution in [1.82, 2.24) is 4.90 Å². The van der Waals surface area contributed by atoms with Gasteiger partial charge in [0, 0.05) is 26.1 Å². The summed E-state index contributed by atoms with van der Waals surface area (Å²) in [6, 6.07) is 0.110. The molecule has 2 fully saturated rings. The first-order valence-corrected chi connectivity index (χ1v) is 6.66. The maximum absolute atomic E-state index is 11.9. The summed E-state index contributed by atoms with van der Waals surface area (Å²) < 4.78 is 0. The maximum atomic E-state index is 11.9. The van der Waals surface area contributed by atoms with E-state index in [2.05, 4.69) is 0 Å². The van der Waals surface area contributed by atoms with Crippen molar-refractivity contribution in [2.24, 2.45) is 17.6 Å². The number of carbonyl (C=O) groups is 1. The normalized spacial score (nSPS) is 23.4. The maximum Gasteiger partial charge on any atom is 0.223 e. The van der Waals surface area contributed by atoms with Crippen molar-refractivity contribution >= 4 is 5.91 Å². The Morgan fingerprint density at radius 2 is 1.94 bits per heavy atom. The minimum Gasteiger partial charge on any atom is -0.345 e. The minimum atomic E-state index is 0.110. The summed E-state index contributed by atoms with van der Waals surface area (Å²) in [5, 5.41) is 0. The standard InChI is InChI=1S/C13H24N2O/c1-15(9-10-4-2-3-5-10)13(16)8-12(14)11-6-7-11/h10-12H,2-9,14H2,1H3. The van der Waals surface area contributed by atoms with Gasteiger partial charge in [0.2, 0.25) is 5.91 Å². The van der Waals surface area contributed by atoms with E-state index in [0.29, 0.717) is 12.3 Å². The fourth-order valence-electron chi connectivity index (χ4n) is 2.73. The Bertz CT molecular complexity index is 244. The molecule has 0 aliphatic heterocycles. The first kappa shape index (κ1) is 11.9. The van der Waals surface area contributed by atoms with Gasteiger partial charge in [0.1, 0.15) is 0 Å². The summed E-state index contributed by atoms with van der Waals surface area (Å²) in [5.41, 5.74) is 5.98. The highest BCUT2D eigenvalue weighted by atomic mass is 16.2. The van der Waals surface area contributed by atoms with Crippen LogP contribution >= 0.6 is 0 Å². The van der Waals surface area contributed by atoms with Gasteiger partial charge >= 0.3 is 0 Å². The Hall–Kier alpha value is -0.570. The number of rotatable bonds is 5. The molecule has 0 aromatic rings. The predicted octanol–water partition coefficient (Wildman–Crippen LogP) is 1.76. The molecule has 0 spiro atoms. The van der Waals surface area contributed by atoms with Crippen LogP contribution in [0.4, 0.5) is 0 Å². The Morgan fingerprint density at radius 3 is 2.50 bits per heavy atom. The van der Waals surface area contributed by atoms with Crippen molar-refractivity contribution < 1.29 is 4.79 Å². The molecule has 0 aromatic carbocycles. The van der Waals surface area contributed by atoms with Gasteiger partial charge in [-0.15, -0.1) is 0 Å². The molecule has 0 heterocycles. The first-order chi connectivity index (χ1) is 7.66. The van der Waals surface area contributed by atoms with Gasteiger partial charge in [-0.1, -0.05) is 12.8 Å². The summed E-state index contributed by atoms with van der Waals surface area (Å²) in [7, 11) is 1.93. The van der Waals surface area contributed by atoms with Crippen molar-refractivity contribution in [3.05, 3.63) is 0 Å². The van der Waals surface area contributed by atoms with Crippen LogP contribution in [0.2, 0.25) is 0 Å². The molecule has 0 saturated heterocycles. The van der Waals surface area contributed by atoms with E-state index < -0.39 is 0 Å². The minimum absolute atomic E-state index is 0.110. The quantitative estimate of drug-likeness (QED) is 0.773. The molecule has 1 atom stereocenters. The van der Waals surface area contributed by atoms with Crippen molar-refractivity contribution in [3.8, 4) is 0 Å². The zero-order valence-electron chi connectivity index (χ0n) is 10.3. The lowest BCUT2D eigenvalue weighted by Gasteiger charge is -2.22. The van der Waals surface area contributed by atoms with Crippen LogP contribution < -0.4 is 5.73 Å². The molecule has 0 bridgehead atoms. The second-order valence-electron chi connectivity index (χ2n) is 5.63. The molecular formula is C13H24N2O. The summed E-state index contributed by atoms with van der Waals surface area (Å²) >= 11 is 0. The van der Waals surface area contributed by atoms with Gasteiger partial charge in [0.15, 0.2) is 0 Å². The highest BCUT2D eigenvalue weighted by Gasteiger charge is 2.30. The monoisotopic (exact) mass is 224 g/mol. The third-order valence-electron chi connectivity index (χ3n) is 4.07. The summed E-state index contributed by atoms with van der Waals surface area (Å²) in [6.45, 7) is 0.941. The van der Waals surface area contributed by atoms with Gasteiger partial charge in [0.05, 0.1) is 0 Å². The van der Waals surface area contributed by atoms with Gasteiger partial charge in [0.25, 0.3) is 0 Å². The number of hydrogen-bond donors (Lipinski definition) is 1. The van der Waals surface area contributed by atoms with E-state index in [-0.39, 0.29) is 11.9 Å². The second-order valence-corrected chi connectivity index (χ2v) is 5.63. The number of nitrogens with two attached hydrogens (primary N) is 1. The average Bonchev–Trinajstić information content (AvgIpc) is 2.98. The van der Waals surface area contributed by atoms with Crippen LogP contribution in [0.1, 0.15) is 44.9 Å². The molecule has 1 amide bonds. The third-order valence-corrected chi connectivity index (χ3v) is 4.07. The van der Waals surface area contributed by atoms with Crippen LogP contribution in [0.5, 0.6) is 0 Å². The molecule has 3 heteroatoms. The predicted molar refractivity (Wildman–Crippen MR) is 64.9 cm³/mol. The number of carbonyl (C=O) groups excluding carboxylic acids is 1. The molecule has 1 unspecified atom stereocenters. The number of amides is 1. The highest BCUT2D eigenvalue weighted by molar-refractivity contribution is 5.76. The Kier molecular flexibility index (Phi) is 3.85. The number of nitrogens with zero attached hydrogens (tertiary/aromatic N) is 1. The molecule has 2 saturated carbocycles. The highest BCUT2D eigenvalue weighted by Crippen LogP contribution is 2.33. The molecular weight excluding hydrogens is 200 g/mol. The third kappa shape index (κ3) is 3.21. The van der Waals surface area contributed by atoms with Crippen LogP contribution in [-0.2, 0) is 4.79 Å². The Morgan fingerprint density at radius 1 is 1.31 bits per heavy atom. The van der Waals surface area contributed by atoms with Crippen LogP contribution in [-0.4, -0.2) is 30.4 Å². The lowest BCUT2D eigenvalue weighted by Crippen LogP contribution is -2.36. The van der Waals surface area contributed by atoms with E-state index in [1.165, 1.54) is 38.5 Å². The van der Waals surface area contributed by atoms with Gasteiger partial charge in [-0.25, -0.2) is 0 Å². The second kappa shape index (κ2) is 5.17. The molecule has 3 nitrogen and oxygen atoms in total. The first-order valence-electron chi connectivity index (χ1n) is 6.66. The van der Waals surface area contributed by atoms with Gasteiger partial charge in [-0.2, -0.15) is 0 Å². The molecule has 16 heavy (non-hydrogen) atoms. The fraction of sp³-hybridized carbons (Fsp3) is 0.923. The molecule has 0 aromatic heterocycles. The van der Waals surface area contributed by atoms with E-state index >= 15 is 0 Å². The Labute approximate surface area is 98.4 Å². The fourth-order valence-corrected chi connectivity index (χ4v) is 2.73. The van der Waals surface area contributed by atoms with Crippen molar-refractivity contribution in [2.75, 3.05) is 13.6 Å². The van der Waals surface area contributed by atoms with Gasteiger partial charge < -0.3 is 10.6 Å². The molecule has 2 aliphatic rings. The van der Waals surface area contributed by atoms with E-state index in [9.17, 15) is 4.79 Å². The molecule has 92 valence electrons. The lowest BCUT2D eigenvalue weighted by atomic mass is 10.1. The topological polar surface area (TPSA) is 46.3 Å². The zero-order valence-corrected chi connectivity index (χ0v) is 10.3. The van der Waals surface area contributed by atoms with Crippen LogP contribution in [0.15, 0.2) is 0 Å². The smallest absolute Gasteiger partial charge is 0.223 e. The van der Waals surface area contributed by atoms with Crippen LogP contribution in [0, 0.1) is 11.8 Å². The molecule has 0 radical (unpaired) electrons. The average molecular weight is 224 g/mol. The molecule has 2 N–H and O–H groups in total. The van der Waals surface area contributed by atoms with E-state index in [4.69, 9.17) is 5.73 Å². The van der Waals surface area contributed by atoms with Crippen LogP contribution in [0.3, 0.4) is 0 Å².